The van der Waals surface area contributed by atoms with Gasteiger partial charge in [-0.1, -0.05) is 30.5 Å². The van der Waals surface area contributed by atoms with E-state index in [1.807, 2.05) is 39.2 Å². The largest absolute Gasteiger partial charge is 0.490 e. The Morgan fingerprint density at radius 1 is 1.13 bits per heavy atom. The Morgan fingerprint density at radius 3 is 2.69 bits per heavy atom. The zero-order valence-electron chi connectivity index (χ0n) is 27.1. The van der Waals surface area contributed by atoms with Crippen LogP contribution in [-0.4, -0.2) is 53.6 Å². The zero-order chi connectivity index (χ0) is 32.0. The number of hydrogen-bond acceptors (Lipinski definition) is 5. The molecule has 2 aromatic rings. The number of fused-ring (bicyclic) bond motifs is 4. The fourth-order valence-electron chi connectivity index (χ4n) is 8.40. The first kappa shape index (κ1) is 32.3. The number of carbonyl (C=O) groups excluding carboxylic acids is 1. The maximum atomic E-state index is 13.8. The van der Waals surface area contributed by atoms with Gasteiger partial charge in [0.15, 0.2) is 0 Å². The van der Waals surface area contributed by atoms with Gasteiger partial charge in [-0.25, -0.2) is 4.21 Å². The van der Waals surface area contributed by atoms with Crippen molar-refractivity contribution < 1.29 is 18.5 Å². The third-order valence-electron chi connectivity index (χ3n) is 11.3. The van der Waals surface area contributed by atoms with Gasteiger partial charge in [0.25, 0.3) is 5.91 Å². The van der Waals surface area contributed by atoms with E-state index in [-0.39, 0.29) is 22.5 Å². The molecule has 1 spiro atoms. The molecule has 4 aliphatic rings. The predicted octanol–water partition coefficient (Wildman–Crippen LogP) is 6.82. The molecule has 2 heterocycles. The molecule has 45 heavy (non-hydrogen) atoms. The monoisotopic (exact) mass is 650 g/mol. The minimum atomic E-state index is -2.90. The van der Waals surface area contributed by atoms with Gasteiger partial charge in [0, 0.05) is 47.4 Å². The molecule has 0 saturated heterocycles. The Labute approximate surface area is 274 Å². The van der Waals surface area contributed by atoms with Crippen LogP contribution in [0.4, 0.5) is 5.69 Å². The summed E-state index contributed by atoms with van der Waals surface area (Å²) in [5.74, 6) is 11.9. The lowest BCUT2D eigenvalue weighted by Crippen LogP contribution is -2.53. The Bertz CT molecular complexity index is 1630. The van der Waals surface area contributed by atoms with Crippen LogP contribution in [0.1, 0.15) is 87.2 Å². The minimum Gasteiger partial charge on any atom is -0.490 e. The van der Waals surface area contributed by atoms with Crippen molar-refractivity contribution >= 4 is 38.8 Å². The zero-order valence-corrected chi connectivity index (χ0v) is 28.7. The van der Waals surface area contributed by atoms with E-state index in [1.54, 1.807) is 6.07 Å². The summed E-state index contributed by atoms with van der Waals surface area (Å²) in [6.07, 6.45) is 7.81. The number of amides is 1. The van der Waals surface area contributed by atoms with E-state index in [1.165, 1.54) is 11.1 Å². The number of carbonyl (C=O) groups is 1. The lowest BCUT2D eigenvalue weighted by atomic mass is 9.63. The van der Waals surface area contributed by atoms with E-state index in [0.29, 0.717) is 24.0 Å². The second-order valence-electron chi connectivity index (χ2n) is 13.9. The molecule has 6 rings (SSSR count). The number of methoxy groups -OCH3 is 1. The lowest BCUT2D eigenvalue weighted by molar-refractivity contribution is -0.0743. The summed E-state index contributed by atoms with van der Waals surface area (Å²) in [7, 11) is -1.10. The van der Waals surface area contributed by atoms with E-state index in [2.05, 4.69) is 46.4 Å². The Kier molecular flexibility index (Phi) is 8.97. The standard InChI is InChI=1S/C37H47ClN2O4S/c1-6-17-37(43-4)19-7-9-25(2)26(3)45(5,42)39-35(41)28-12-16-34-33(21-28)40(22-29-11-14-32(29)37)23-36(24-44-34)18-8-10-27-20-30(38)13-15-31(27)36/h12-13,15-16,20-21,25-26,29,32H,5,7-11,14,18-19,22-24H2,1-4H3,(H,39,41,42)/t25-,26+,29-,32+,36-,37-,45?/m0/s1. The first-order chi connectivity index (χ1) is 21.5. The summed E-state index contributed by atoms with van der Waals surface area (Å²) in [4.78, 5) is 16.1. The highest BCUT2D eigenvalue weighted by molar-refractivity contribution is 7.99. The second-order valence-corrected chi connectivity index (χ2v) is 16.8. The third-order valence-corrected chi connectivity index (χ3v) is 13.8. The Hall–Kier alpha value is -2.66. The van der Waals surface area contributed by atoms with E-state index in [9.17, 15) is 9.00 Å². The molecule has 1 unspecified atom stereocenters. The van der Waals surface area contributed by atoms with Crippen LogP contribution in [0.3, 0.4) is 0 Å². The quantitative estimate of drug-likeness (QED) is 0.271. The average Bonchev–Trinajstić information content (AvgIpc) is 3.15. The van der Waals surface area contributed by atoms with E-state index in [4.69, 9.17) is 21.1 Å². The van der Waals surface area contributed by atoms with Crippen molar-refractivity contribution in [3.8, 4) is 17.6 Å². The van der Waals surface area contributed by atoms with Crippen LogP contribution in [0.25, 0.3) is 0 Å². The molecule has 2 aromatic carbocycles. The fourth-order valence-corrected chi connectivity index (χ4v) is 10.1. The molecule has 1 amide bonds. The van der Waals surface area contributed by atoms with Crippen molar-refractivity contribution in [3.05, 3.63) is 58.1 Å². The fraction of sp³-hybridized carbons (Fsp3) is 0.568. The number of rotatable bonds is 1. The van der Waals surface area contributed by atoms with Gasteiger partial charge in [0.1, 0.15) is 11.4 Å². The summed E-state index contributed by atoms with van der Waals surface area (Å²) in [6, 6.07) is 11.9. The van der Waals surface area contributed by atoms with Crippen molar-refractivity contribution in [3.63, 3.8) is 0 Å². The van der Waals surface area contributed by atoms with Gasteiger partial charge in [-0.05, 0) is 124 Å². The second kappa shape index (κ2) is 12.5. The van der Waals surface area contributed by atoms with Gasteiger partial charge in [-0.15, -0.1) is 5.92 Å². The SMILES string of the molecule is C=S1(=O)NC(=O)c2ccc3c(c2)N(C[C@@H]2CC[C@H]2[C@@](C#CC)(OC)CCC[C@H](C)[C@H]1C)C[C@@]1(CCCc2cc(Cl)ccc21)CO3. The Balaban J connectivity index is 1.46. The molecule has 1 fully saturated rings. The lowest BCUT2D eigenvalue weighted by Gasteiger charge is -2.50. The van der Waals surface area contributed by atoms with Crippen molar-refractivity contribution in [2.75, 3.05) is 31.7 Å². The van der Waals surface area contributed by atoms with Crippen molar-refractivity contribution in [1.29, 1.82) is 0 Å². The summed E-state index contributed by atoms with van der Waals surface area (Å²) in [6.45, 7) is 8.06. The average molecular weight is 651 g/mol. The van der Waals surface area contributed by atoms with Gasteiger partial charge in [-0.3, -0.25) is 9.52 Å². The summed E-state index contributed by atoms with van der Waals surface area (Å²) < 4.78 is 29.7. The van der Waals surface area contributed by atoms with Gasteiger partial charge in [0.2, 0.25) is 0 Å². The molecule has 8 heteroatoms. The highest BCUT2D eigenvalue weighted by Crippen LogP contribution is 2.49. The molecule has 7 atom stereocenters. The molecule has 1 saturated carbocycles. The molecule has 2 aliphatic heterocycles. The molecule has 2 bridgehead atoms. The topological polar surface area (TPSA) is 67.9 Å². The van der Waals surface area contributed by atoms with Crippen molar-refractivity contribution in [2.24, 2.45) is 17.8 Å². The van der Waals surface area contributed by atoms with Crippen molar-refractivity contribution in [2.45, 2.75) is 88.4 Å². The first-order valence-electron chi connectivity index (χ1n) is 16.5. The van der Waals surface area contributed by atoms with Crippen LogP contribution < -0.4 is 14.4 Å². The maximum Gasteiger partial charge on any atom is 0.262 e. The number of halogens is 1. The van der Waals surface area contributed by atoms with E-state index < -0.39 is 15.3 Å². The molecular formula is C37H47ClN2O4S. The third kappa shape index (κ3) is 5.99. The van der Waals surface area contributed by atoms with Crippen LogP contribution in [0.2, 0.25) is 5.02 Å². The Morgan fingerprint density at radius 2 is 1.96 bits per heavy atom. The molecule has 242 valence electrons. The summed E-state index contributed by atoms with van der Waals surface area (Å²) >= 11 is 6.45. The number of nitrogens with zero attached hydrogens (tertiary/aromatic N) is 1. The van der Waals surface area contributed by atoms with Gasteiger partial charge >= 0.3 is 0 Å². The summed E-state index contributed by atoms with van der Waals surface area (Å²) in [5.41, 5.74) is 3.23. The van der Waals surface area contributed by atoms with E-state index in [0.717, 1.165) is 80.9 Å². The molecule has 2 aliphatic carbocycles. The minimum absolute atomic E-state index is 0.102. The molecule has 1 N–H and O–H groups in total. The van der Waals surface area contributed by atoms with Crippen LogP contribution in [0.5, 0.6) is 5.75 Å². The first-order valence-corrected chi connectivity index (χ1v) is 18.7. The van der Waals surface area contributed by atoms with Crippen LogP contribution >= 0.6 is 11.6 Å². The molecule has 6 nitrogen and oxygen atoms in total. The number of anilines is 1. The maximum absolute atomic E-state index is 13.8. The van der Waals surface area contributed by atoms with Gasteiger partial charge < -0.3 is 14.4 Å². The number of aryl methyl sites for hydroxylation is 1. The molecular weight excluding hydrogens is 604 g/mol. The van der Waals surface area contributed by atoms with Gasteiger partial charge in [-0.2, -0.15) is 0 Å². The normalized spacial score (nSPS) is 35.0. The van der Waals surface area contributed by atoms with Crippen LogP contribution in [0, 0.1) is 29.6 Å². The predicted molar refractivity (Wildman–Crippen MR) is 185 cm³/mol. The van der Waals surface area contributed by atoms with E-state index >= 15 is 0 Å². The highest BCUT2D eigenvalue weighted by Gasteiger charge is 2.49. The number of nitrogens with one attached hydrogen (secondary N) is 1. The van der Waals surface area contributed by atoms with Crippen LogP contribution in [-0.2, 0) is 26.3 Å². The number of ether oxygens (including phenoxy) is 2. The molecule has 0 radical (unpaired) electrons. The van der Waals surface area contributed by atoms with Crippen LogP contribution in [0.15, 0.2) is 36.4 Å². The summed E-state index contributed by atoms with van der Waals surface area (Å²) in [5, 5.41) is 0.473. The highest BCUT2D eigenvalue weighted by atomic mass is 35.5. The van der Waals surface area contributed by atoms with Crippen molar-refractivity contribution in [1.82, 2.24) is 4.72 Å². The smallest absolute Gasteiger partial charge is 0.262 e. The number of hydrogen-bond donors (Lipinski definition) is 1. The number of benzene rings is 2. The molecule has 0 aromatic heterocycles. The van der Waals surface area contributed by atoms with Gasteiger partial charge in [0.05, 0.1) is 22.0 Å².